The molecule has 0 unspecified atom stereocenters. The number of nitriles is 1. The second-order valence-corrected chi connectivity index (χ2v) is 8.24. The second kappa shape index (κ2) is 10.0. The van der Waals surface area contributed by atoms with Gasteiger partial charge in [-0.2, -0.15) is 10.4 Å². The van der Waals surface area contributed by atoms with Crippen LogP contribution in [0.5, 0.6) is 11.5 Å². The second-order valence-electron chi connectivity index (χ2n) is 8.24. The molecule has 0 atom stereocenters. The van der Waals surface area contributed by atoms with E-state index >= 15 is 0 Å². The molecule has 3 aromatic carbocycles. The minimum atomic E-state index is -0.200. The fourth-order valence-corrected chi connectivity index (χ4v) is 3.98. The maximum atomic E-state index is 13.0. The zero-order chi connectivity index (χ0) is 24.9. The highest BCUT2D eigenvalue weighted by Gasteiger charge is 2.19. The molecule has 2 N–H and O–H groups in total. The number of amides is 1. The first-order chi connectivity index (χ1) is 17.6. The fraction of sp³-hybridized carbons (Fsp3) is 0.0690. The van der Waals surface area contributed by atoms with Crippen molar-refractivity contribution in [2.24, 2.45) is 0 Å². The molecule has 0 aliphatic heterocycles. The lowest BCUT2D eigenvalue weighted by Crippen LogP contribution is -2.22. The largest absolute Gasteiger partial charge is 0.457 e. The molecular weight excluding hydrogens is 450 g/mol. The fourth-order valence-electron chi connectivity index (χ4n) is 3.98. The van der Waals surface area contributed by atoms with Crippen LogP contribution in [0.3, 0.4) is 0 Å². The number of fused-ring (bicyclic) bond motifs is 1. The van der Waals surface area contributed by atoms with Gasteiger partial charge in [-0.1, -0.05) is 48.5 Å². The van der Waals surface area contributed by atoms with Crippen molar-refractivity contribution in [3.63, 3.8) is 0 Å². The van der Waals surface area contributed by atoms with Gasteiger partial charge in [0.05, 0.1) is 28.5 Å². The molecule has 0 saturated heterocycles. The van der Waals surface area contributed by atoms with Gasteiger partial charge in [0.25, 0.3) is 5.91 Å². The van der Waals surface area contributed by atoms with E-state index in [0.29, 0.717) is 34.6 Å². The monoisotopic (exact) mass is 473 g/mol. The van der Waals surface area contributed by atoms with Gasteiger partial charge in [0.2, 0.25) is 0 Å². The van der Waals surface area contributed by atoms with Gasteiger partial charge in [0.15, 0.2) is 0 Å². The molecule has 0 aliphatic rings. The van der Waals surface area contributed by atoms with E-state index in [1.807, 2.05) is 91.9 Å². The predicted octanol–water partition coefficient (Wildman–Crippen LogP) is 5.98. The van der Waals surface area contributed by atoms with Gasteiger partial charge in [0, 0.05) is 18.4 Å². The van der Waals surface area contributed by atoms with Gasteiger partial charge < -0.3 is 15.4 Å². The Morgan fingerprint density at radius 2 is 1.64 bits per heavy atom. The van der Waals surface area contributed by atoms with E-state index in [0.717, 1.165) is 22.6 Å². The SMILES string of the molecule is Cc1c(C(=O)NCc2ccccc2)cn2ncc(C#N)c(Nc3ccc(Oc4ccccc4)cc3)c12. The molecule has 0 aliphatic carbocycles. The molecule has 0 radical (unpaired) electrons. The van der Waals surface area contributed by atoms with Crippen LogP contribution in [0.15, 0.2) is 97.3 Å². The number of nitrogens with zero attached hydrogens (tertiary/aromatic N) is 3. The summed E-state index contributed by atoms with van der Waals surface area (Å²) in [4.78, 5) is 13.0. The van der Waals surface area contributed by atoms with Crippen molar-refractivity contribution in [2.75, 3.05) is 5.32 Å². The van der Waals surface area contributed by atoms with Crippen LogP contribution in [0.25, 0.3) is 5.52 Å². The molecule has 5 rings (SSSR count). The van der Waals surface area contributed by atoms with Gasteiger partial charge >= 0.3 is 0 Å². The molecule has 0 saturated carbocycles. The highest BCUT2D eigenvalue weighted by Crippen LogP contribution is 2.31. The van der Waals surface area contributed by atoms with Crippen LogP contribution in [-0.2, 0) is 6.54 Å². The third-order valence-corrected chi connectivity index (χ3v) is 5.82. The quantitative estimate of drug-likeness (QED) is 0.303. The number of anilines is 2. The molecule has 36 heavy (non-hydrogen) atoms. The predicted molar refractivity (Wildman–Crippen MR) is 138 cm³/mol. The number of aryl methyl sites for hydroxylation is 1. The highest BCUT2D eigenvalue weighted by atomic mass is 16.5. The first kappa shape index (κ1) is 22.7. The summed E-state index contributed by atoms with van der Waals surface area (Å²) in [6.07, 6.45) is 3.18. The van der Waals surface area contributed by atoms with Crippen LogP contribution >= 0.6 is 0 Å². The first-order valence-electron chi connectivity index (χ1n) is 11.5. The summed E-state index contributed by atoms with van der Waals surface area (Å²) >= 11 is 0. The van der Waals surface area contributed by atoms with Crippen LogP contribution < -0.4 is 15.4 Å². The Hall–Kier alpha value is -5.09. The van der Waals surface area contributed by atoms with E-state index in [1.165, 1.54) is 6.20 Å². The van der Waals surface area contributed by atoms with Gasteiger partial charge in [-0.05, 0) is 54.4 Å². The zero-order valence-corrected chi connectivity index (χ0v) is 19.6. The molecule has 176 valence electrons. The number of rotatable bonds is 7. The number of carbonyl (C=O) groups is 1. The Morgan fingerprint density at radius 1 is 0.972 bits per heavy atom. The lowest BCUT2D eigenvalue weighted by molar-refractivity contribution is 0.0950. The van der Waals surface area contributed by atoms with E-state index in [2.05, 4.69) is 21.8 Å². The number of benzene rings is 3. The van der Waals surface area contributed by atoms with Crippen molar-refractivity contribution >= 4 is 22.8 Å². The van der Waals surface area contributed by atoms with Crippen LogP contribution in [0, 0.1) is 18.3 Å². The van der Waals surface area contributed by atoms with Crippen molar-refractivity contribution in [1.82, 2.24) is 14.9 Å². The Balaban J connectivity index is 1.41. The van der Waals surface area contributed by atoms with Crippen molar-refractivity contribution in [3.8, 4) is 17.6 Å². The number of hydrogen-bond donors (Lipinski definition) is 2. The summed E-state index contributed by atoms with van der Waals surface area (Å²) in [5.41, 5.74) is 4.66. The summed E-state index contributed by atoms with van der Waals surface area (Å²) in [5.74, 6) is 1.25. The maximum Gasteiger partial charge on any atom is 0.253 e. The average molecular weight is 474 g/mol. The Morgan fingerprint density at radius 3 is 2.33 bits per heavy atom. The third kappa shape index (κ3) is 4.74. The normalized spacial score (nSPS) is 10.6. The summed E-state index contributed by atoms with van der Waals surface area (Å²) in [6.45, 7) is 2.28. The van der Waals surface area contributed by atoms with E-state index < -0.39 is 0 Å². The molecule has 0 bridgehead atoms. The third-order valence-electron chi connectivity index (χ3n) is 5.82. The van der Waals surface area contributed by atoms with Crippen LogP contribution in [0.2, 0.25) is 0 Å². The lowest BCUT2D eigenvalue weighted by atomic mass is 10.1. The summed E-state index contributed by atoms with van der Waals surface area (Å²) in [5, 5.41) is 20.4. The van der Waals surface area contributed by atoms with E-state index in [1.54, 1.807) is 10.7 Å². The molecule has 7 heteroatoms. The van der Waals surface area contributed by atoms with Gasteiger partial charge in [-0.15, -0.1) is 0 Å². The standard InChI is InChI=1S/C29H23N5O2/c1-20-26(29(35)31-17-21-8-4-2-5-9-21)19-34-28(20)27(22(16-30)18-32-34)33-23-12-14-25(15-13-23)36-24-10-6-3-7-11-24/h2-15,18-19,33H,17H2,1H3,(H,31,35). The van der Waals surface area contributed by atoms with E-state index in [9.17, 15) is 10.1 Å². The number of hydrogen-bond acceptors (Lipinski definition) is 5. The first-order valence-corrected chi connectivity index (χ1v) is 11.5. The zero-order valence-electron chi connectivity index (χ0n) is 19.6. The van der Waals surface area contributed by atoms with Gasteiger partial charge in [-0.3, -0.25) is 4.79 Å². The van der Waals surface area contributed by atoms with Gasteiger partial charge in [-0.25, -0.2) is 4.52 Å². The average Bonchev–Trinajstić information content (AvgIpc) is 3.26. The van der Waals surface area contributed by atoms with Crippen molar-refractivity contribution in [1.29, 1.82) is 5.26 Å². The maximum absolute atomic E-state index is 13.0. The molecular formula is C29H23N5O2. The summed E-state index contributed by atoms with van der Waals surface area (Å²) in [6, 6.07) is 28.9. The molecule has 2 heterocycles. The van der Waals surface area contributed by atoms with Gasteiger partial charge in [0.1, 0.15) is 17.6 Å². The van der Waals surface area contributed by atoms with Crippen molar-refractivity contribution < 1.29 is 9.53 Å². The number of ether oxygens (including phenoxy) is 1. The topological polar surface area (TPSA) is 91.5 Å². The number of para-hydroxylation sites is 1. The molecule has 1 amide bonds. The lowest BCUT2D eigenvalue weighted by Gasteiger charge is -2.12. The molecule has 0 fully saturated rings. The molecule has 2 aromatic heterocycles. The highest BCUT2D eigenvalue weighted by molar-refractivity contribution is 6.00. The summed E-state index contributed by atoms with van der Waals surface area (Å²) in [7, 11) is 0. The number of nitrogens with one attached hydrogen (secondary N) is 2. The Labute approximate surface area is 208 Å². The minimum Gasteiger partial charge on any atom is -0.457 e. The van der Waals surface area contributed by atoms with Crippen molar-refractivity contribution in [3.05, 3.63) is 120 Å². The van der Waals surface area contributed by atoms with Crippen LogP contribution in [0.1, 0.15) is 27.0 Å². The molecule has 0 spiro atoms. The van der Waals surface area contributed by atoms with Crippen molar-refractivity contribution in [2.45, 2.75) is 13.5 Å². The summed E-state index contributed by atoms with van der Waals surface area (Å²) < 4.78 is 7.49. The number of carbonyl (C=O) groups excluding carboxylic acids is 1. The van der Waals surface area contributed by atoms with Crippen LogP contribution in [-0.4, -0.2) is 15.5 Å². The van der Waals surface area contributed by atoms with E-state index in [-0.39, 0.29) is 5.91 Å². The Bertz CT molecular complexity index is 1550. The molecule has 5 aromatic rings. The van der Waals surface area contributed by atoms with Crippen LogP contribution in [0.4, 0.5) is 11.4 Å². The number of aromatic nitrogens is 2. The minimum absolute atomic E-state index is 0.200. The smallest absolute Gasteiger partial charge is 0.253 e. The van der Waals surface area contributed by atoms with E-state index in [4.69, 9.17) is 4.74 Å². The Kier molecular flexibility index (Phi) is 6.33. The molecule has 7 nitrogen and oxygen atoms in total.